The lowest BCUT2D eigenvalue weighted by atomic mass is 10.2. The van der Waals surface area contributed by atoms with Crippen LogP contribution in [-0.2, 0) is 4.79 Å². The minimum Gasteiger partial charge on any atom is -0.492 e. The molecule has 0 atom stereocenters. The van der Waals surface area contributed by atoms with Gasteiger partial charge in [-0.2, -0.15) is 0 Å². The van der Waals surface area contributed by atoms with Crippen LogP contribution in [-0.4, -0.2) is 34.0 Å². The highest BCUT2D eigenvalue weighted by atomic mass is 16.6. The zero-order valence-electron chi connectivity index (χ0n) is 16.6. The van der Waals surface area contributed by atoms with E-state index in [1.165, 1.54) is 19.1 Å². The summed E-state index contributed by atoms with van der Waals surface area (Å²) in [6.45, 7) is 4.13. The smallest absolute Gasteiger partial charge is 0.270 e. The second kappa shape index (κ2) is 9.46. The summed E-state index contributed by atoms with van der Waals surface area (Å²) in [5, 5.41) is 16.9. The minimum atomic E-state index is -0.448. The number of aromatic nitrogens is 2. The number of non-ortho nitro benzene ring substituents is 1. The van der Waals surface area contributed by atoms with Gasteiger partial charge in [0.2, 0.25) is 5.91 Å². The Morgan fingerprint density at radius 1 is 1.13 bits per heavy atom. The van der Waals surface area contributed by atoms with Gasteiger partial charge in [-0.25, -0.2) is 9.97 Å². The molecular formula is C21H21N5O4. The van der Waals surface area contributed by atoms with Crippen LogP contribution in [0, 0.1) is 17.0 Å². The normalized spacial score (nSPS) is 10.3. The molecule has 0 aliphatic rings. The number of carbonyl (C=O) groups is 1. The number of aryl methyl sites for hydroxylation is 1. The Morgan fingerprint density at radius 2 is 1.93 bits per heavy atom. The Bertz CT molecular complexity index is 1070. The van der Waals surface area contributed by atoms with Gasteiger partial charge in [0, 0.05) is 48.1 Å². The quantitative estimate of drug-likeness (QED) is 0.331. The highest BCUT2D eigenvalue weighted by Crippen LogP contribution is 2.22. The Kier molecular flexibility index (Phi) is 6.53. The largest absolute Gasteiger partial charge is 0.492 e. The van der Waals surface area contributed by atoms with Crippen LogP contribution in [0.3, 0.4) is 0 Å². The summed E-state index contributed by atoms with van der Waals surface area (Å²) in [6, 6.07) is 15.1. The van der Waals surface area contributed by atoms with Gasteiger partial charge in [-0.05, 0) is 19.1 Å². The van der Waals surface area contributed by atoms with Crippen molar-refractivity contribution in [2.75, 3.05) is 23.8 Å². The summed E-state index contributed by atoms with van der Waals surface area (Å²) >= 11 is 0. The fourth-order valence-corrected chi connectivity index (χ4v) is 2.76. The maximum atomic E-state index is 11.1. The summed E-state index contributed by atoms with van der Waals surface area (Å²) in [5.41, 5.74) is 1.96. The first kappa shape index (κ1) is 20.7. The Labute approximate surface area is 173 Å². The van der Waals surface area contributed by atoms with Crippen molar-refractivity contribution in [3.63, 3.8) is 0 Å². The summed E-state index contributed by atoms with van der Waals surface area (Å²) in [4.78, 5) is 30.5. The third-order valence-corrected chi connectivity index (χ3v) is 4.00. The molecule has 154 valence electrons. The first-order chi connectivity index (χ1) is 14.4. The van der Waals surface area contributed by atoms with Gasteiger partial charge in [-0.15, -0.1) is 0 Å². The molecule has 9 heteroatoms. The number of carbonyl (C=O) groups excluding carboxylic acids is 1. The number of amides is 1. The van der Waals surface area contributed by atoms with Crippen molar-refractivity contribution in [2.45, 2.75) is 13.8 Å². The summed E-state index contributed by atoms with van der Waals surface area (Å²) in [5.74, 6) is 1.50. The topological polar surface area (TPSA) is 119 Å². The first-order valence-corrected chi connectivity index (χ1v) is 9.25. The number of nitro benzene ring substituents is 1. The molecule has 0 bridgehead atoms. The van der Waals surface area contributed by atoms with Crippen molar-refractivity contribution >= 4 is 23.1 Å². The average molecular weight is 407 g/mol. The van der Waals surface area contributed by atoms with Gasteiger partial charge in [-0.3, -0.25) is 14.9 Å². The number of hydrogen-bond acceptors (Lipinski definition) is 7. The van der Waals surface area contributed by atoms with Crippen LogP contribution in [0.2, 0.25) is 0 Å². The van der Waals surface area contributed by atoms with E-state index in [9.17, 15) is 14.9 Å². The van der Waals surface area contributed by atoms with Gasteiger partial charge in [0.25, 0.3) is 5.69 Å². The Balaban J connectivity index is 1.62. The van der Waals surface area contributed by atoms with E-state index in [2.05, 4.69) is 20.6 Å². The van der Waals surface area contributed by atoms with E-state index in [4.69, 9.17) is 4.74 Å². The van der Waals surface area contributed by atoms with E-state index in [0.29, 0.717) is 41.8 Å². The number of nitrogens with one attached hydrogen (secondary N) is 2. The van der Waals surface area contributed by atoms with E-state index in [0.717, 1.165) is 5.69 Å². The molecule has 0 unspecified atom stereocenters. The molecule has 1 heterocycles. The lowest BCUT2D eigenvalue weighted by Gasteiger charge is -2.11. The second-order valence-electron chi connectivity index (χ2n) is 6.51. The van der Waals surface area contributed by atoms with E-state index in [1.807, 2.05) is 6.92 Å². The molecule has 0 radical (unpaired) electrons. The molecule has 0 aliphatic carbocycles. The van der Waals surface area contributed by atoms with Crippen molar-refractivity contribution in [1.29, 1.82) is 0 Å². The predicted molar refractivity (Wildman–Crippen MR) is 114 cm³/mol. The van der Waals surface area contributed by atoms with Crippen molar-refractivity contribution in [3.8, 4) is 17.1 Å². The number of rotatable bonds is 8. The van der Waals surface area contributed by atoms with Crippen LogP contribution in [0.1, 0.15) is 12.6 Å². The van der Waals surface area contributed by atoms with Crippen molar-refractivity contribution in [3.05, 3.63) is 70.4 Å². The Morgan fingerprint density at radius 3 is 2.70 bits per heavy atom. The lowest BCUT2D eigenvalue weighted by molar-refractivity contribution is -0.384. The number of benzene rings is 2. The summed E-state index contributed by atoms with van der Waals surface area (Å²) in [7, 11) is 0. The third kappa shape index (κ3) is 5.74. The van der Waals surface area contributed by atoms with Crippen LogP contribution in [0.4, 0.5) is 17.2 Å². The van der Waals surface area contributed by atoms with E-state index >= 15 is 0 Å². The average Bonchev–Trinajstić information content (AvgIpc) is 2.71. The van der Waals surface area contributed by atoms with Crippen LogP contribution in [0.25, 0.3) is 11.4 Å². The molecule has 0 aliphatic heterocycles. The predicted octanol–water partition coefficient (Wildman–Crippen LogP) is 3.81. The molecule has 2 aromatic carbocycles. The highest BCUT2D eigenvalue weighted by Gasteiger charge is 2.10. The van der Waals surface area contributed by atoms with Gasteiger partial charge < -0.3 is 15.4 Å². The van der Waals surface area contributed by atoms with Gasteiger partial charge >= 0.3 is 0 Å². The maximum Gasteiger partial charge on any atom is 0.270 e. The molecule has 1 aromatic heterocycles. The van der Waals surface area contributed by atoms with E-state index in [-0.39, 0.29) is 11.6 Å². The monoisotopic (exact) mass is 407 g/mol. The van der Waals surface area contributed by atoms with Gasteiger partial charge in [0.1, 0.15) is 18.2 Å². The SMILES string of the molecule is CC(=O)Nc1cccc(OCCNc2cc(C)nc(-c3cccc([N+](=O)[O-])c3)n2)c1. The number of hydrogen-bond donors (Lipinski definition) is 2. The van der Waals surface area contributed by atoms with E-state index < -0.39 is 4.92 Å². The molecule has 0 saturated heterocycles. The molecule has 2 N–H and O–H groups in total. The first-order valence-electron chi connectivity index (χ1n) is 9.25. The minimum absolute atomic E-state index is 0.0120. The molecular weight excluding hydrogens is 386 g/mol. The molecule has 0 saturated carbocycles. The zero-order valence-corrected chi connectivity index (χ0v) is 16.6. The van der Waals surface area contributed by atoms with Gasteiger partial charge in [0.15, 0.2) is 5.82 Å². The number of nitro groups is 1. The van der Waals surface area contributed by atoms with Crippen molar-refractivity contribution < 1.29 is 14.5 Å². The van der Waals surface area contributed by atoms with E-state index in [1.54, 1.807) is 42.5 Å². The van der Waals surface area contributed by atoms with Crippen LogP contribution >= 0.6 is 0 Å². The number of nitrogens with zero attached hydrogens (tertiary/aromatic N) is 3. The molecule has 3 aromatic rings. The maximum absolute atomic E-state index is 11.1. The zero-order chi connectivity index (χ0) is 21.5. The molecule has 9 nitrogen and oxygen atoms in total. The van der Waals surface area contributed by atoms with Gasteiger partial charge in [0.05, 0.1) is 11.5 Å². The van der Waals surface area contributed by atoms with Gasteiger partial charge in [-0.1, -0.05) is 18.2 Å². The molecule has 3 rings (SSSR count). The van der Waals surface area contributed by atoms with Crippen molar-refractivity contribution in [1.82, 2.24) is 9.97 Å². The van der Waals surface area contributed by atoms with Crippen LogP contribution in [0.15, 0.2) is 54.6 Å². The second-order valence-corrected chi connectivity index (χ2v) is 6.51. The molecule has 1 amide bonds. The fraction of sp³-hybridized carbons (Fsp3) is 0.190. The third-order valence-electron chi connectivity index (χ3n) is 4.00. The molecule has 30 heavy (non-hydrogen) atoms. The Hall–Kier alpha value is -4.01. The molecule has 0 fully saturated rings. The van der Waals surface area contributed by atoms with Crippen LogP contribution < -0.4 is 15.4 Å². The number of ether oxygens (including phenoxy) is 1. The molecule has 0 spiro atoms. The highest BCUT2D eigenvalue weighted by molar-refractivity contribution is 5.88. The lowest BCUT2D eigenvalue weighted by Crippen LogP contribution is -2.13. The summed E-state index contributed by atoms with van der Waals surface area (Å²) < 4.78 is 5.70. The summed E-state index contributed by atoms with van der Waals surface area (Å²) in [6.07, 6.45) is 0. The standard InChI is InChI=1S/C21H21N5O4/c1-14-11-20(25-21(23-14)16-5-3-7-18(12-16)26(28)29)22-9-10-30-19-8-4-6-17(13-19)24-15(2)27/h3-8,11-13H,9-10H2,1-2H3,(H,24,27)(H,22,23,25). The number of anilines is 2. The van der Waals surface area contributed by atoms with Crippen LogP contribution in [0.5, 0.6) is 5.75 Å². The van der Waals surface area contributed by atoms with Crippen molar-refractivity contribution in [2.24, 2.45) is 0 Å². The fourth-order valence-electron chi connectivity index (χ4n) is 2.76.